The number of amides is 1. The van der Waals surface area contributed by atoms with E-state index in [0.717, 1.165) is 4.90 Å². The number of carbonyl (C=O) groups is 1. The van der Waals surface area contributed by atoms with Gasteiger partial charge in [-0.2, -0.15) is 13.2 Å². The van der Waals surface area contributed by atoms with E-state index in [1.807, 2.05) is 0 Å². The summed E-state index contributed by atoms with van der Waals surface area (Å²) in [4.78, 5) is 13.5. The van der Waals surface area contributed by atoms with E-state index in [1.165, 1.54) is 13.2 Å². The van der Waals surface area contributed by atoms with Gasteiger partial charge in [0.15, 0.2) is 0 Å². The van der Waals surface area contributed by atoms with Crippen molar-refractivity contribution in [2.45, 2.75) is 25.1 Å². The van der Waals surface area contributed by atoms with Gasteiger partial charge < -0.3 is 14.4 Å². The molecule has 7 heteroatoms. The first-order valence-electron chi connectivity index (χ1n) is 7.01. The second-order valence-corrected chi connectivity index (χ2v) is 5.09. The summed E-state index contributed by atoms with van der Waals surface area (Å²) in [6.45, 7) is -0.551. The van der Waals surface area contributed by atoms with Crippen molar-refractivity contribution in [2.24, 2.45) is 0 Å². The van der Waals surface area contributed by atoms with Gasteiger partial charge in [0.05, 0.1) is 12.7 Å². The quantitative estimate of drug-likeness (QED) is 0.857. The van der Waals surface area contributed by atoms with Gasteiger partial charge in [0.25, 0.3) is 5.91 Å². The summed E-state index contributed by atoms with van der Waals surface area (Å²) >= 11 is 0. The smallest absolute Gasteiger partial charge is 0.406 e. The molecule has 0 aromatic heterocycles. The molecule has 0 atom stereocenters. The third-order valence-corrected chi connectivity index (χ3v) is 3.58. The number of halogens is 3. The number of hydrogen-bond acceptors (Lipinski definition) is 3. The standard InChI is InChI=1S/C15H18F3NO3/c1-21-13-5-3-2-4-12(13)14(20)19(10-15(16,17)18)11-6-8-22-9-7-11/h2-5,11H,6-10H2,1H3. The van der Waals surface area contributed by atoms with Crippen molar-refractivity contribution < 1.29 is 27.4 Å². The minimum atomic E-state index is -4.45. The zero-order chi connectivity index (χ0) is 16.2. The zero-order valence-corrected chi connectivity index (χ0v) is 12.2. The number of alkyl halides is 3. The third-order valence-electron chi connectivity index (χ3n) is 3.58. The lowest BCUT2D eigenvalue weighted by molar-refractivity contribution is -0.147. The molecule has 0 bridgehead atoms. The molecule has 0 saturated carbocycles. The van der Waals surface area contributed by atoms with E-state index >= 15 is 0 Å². The van der Waals surface area contributed by atoms with E-state index in [2.05, 4.69) is 0 Å². The largest absolute Gasteiger partial charge is 0.496 e. The van der Waals surface area contributed by atoms with E-state index in [-0.39, 0.29) is 11.3 Å². The monoisotopic (exact) mass is 317 g/mol. The van der Waals surface area contributed by atoms with Crippen molar-refractivity contribution in [3.8, 4) is 5.75 Å². The molecule has 1 amide bonds. The Kier molecular flexibility index (Phi) is 5.28. The molecule has 0 unspecified atom stereocenters. The van der Waals surface area contributed by atoms with Gasteiger partial charge in [-0.05, 0) is 25.0 Å². The maximum Gasteiger partial charge on any atom is 0.406 e. The molecule has 0 aliphatic carbocycles. The molecular formula is C15H18F3NO3. The predicted molar refractivity (Wildman–Crippen MR) is 73.9 cm³/mol. The first-order chi connectivity index (χ1) is 10.4. The number of para-hydroxylation sites is 1. The SMILES string of the molecule is COc1ccccc1C(=O)N(CC(F)(F)F)C1CCOCC1. The van der Waals surface area contributed by atoms with Crippen LogP contribution in [0.4, 0.5) is 13.2 Å². The Bertz CT molecular complexity index is 513. The topological polar surface area (TPSA) is 38.8 Å². The molecule has 1 heterocycles. The first kappa shape index (κ1) is 16.6. The van der Waals surface area contributed by atoms with Crippen molar-refractivity contribution in [2.75, 3.05) is 26.9 Å². The molecule has 1 saturated heterocycles. The average molecular weight is 317 g/mol. The molecule has 0 radical (unpaired) electrons. The van der Waals surface area contributed by atoms with Crippen molar-refractivity contribution in [1.82, 2.24) is 4.90 Å². The van der Waals surface area contributed by atoms with E-state index in [0.29, 0.717) is 26.1 Å². The molecule has 0 spiro atoms. The lowest BCUT2D eigenvalue weighted by Gasteiger charge is -2.35. The van der Waals surface area contributed by atoms with Crippen LogP contribution in [0.1, 0.15) is 23.2 Å². The Morgan fingerprint density at radius 3 is 2.55 bits per heavy atom. The number of benzene rings is 1. The van der Waals surface area contributed by atoms with Crippen LogP contribution in [0.2, 0.25) is 0 Å². The molecule has 4 nitrogen and oxygen atoms in total. The van der Waals surface area contributed by atoms with Gasteiger partial charge in [-0.1, -0.05) is 12.1 Å². The van der Waals surface area contributed by atoms with Crippen LogP contribution < -0.4 is 4.74 Å². The minimum Gasteiger partial charge on any atom is -0.496 e. The molecule has 0 N–H and O–H groups in total. The van der Waals surface area contributed by atoms with Crippen LogP contribution in [0.15, 0.2) is 24.3 Å². The van der Waals surface area contributed by atoms with Crippen LogP contribution in [0, 0.1) is 0 Å². The molecule has 1 aromatic rings. The van der Waals surface area contributed by atoms with Crippen molar-refractivity contribution in [3.05, 3.63) is 29.8 Å². The molecule has 1 aliphatic heterocycles. The van der Waals surface area contributed by atoms with E-state index in [1.54, 1.807) is 18.2 Å². The minimum absolute atomic E-state index is 0.140. The highest BCUT2D eigenvalue weighted by molar-refractivity contribution is 5.97. The number of hydrogen-bond donors (Lipinski definition) is 0. The van der Waals surface area contributed by atoms with Gasteiger partial charge in [-0.3, -0.25) is 4.79 Å². The average Bonchev–Trinajstić information content (AvgIpc) is 2.52. The van der Waals surface area contributed by atoms with Crippen LogP contribution in [-0.4, -0.2) is 49.9 Å². The molecule has 22 heavy (non-hydrogen) atoms. The summed E-state index contributed by atoms with van der Waals surface area (Å²) < 4.78 is 48.8. The van der Waals surface area contributed by atoms with Crippen LogP contribution in [0.25, 0.3) is 0 Å². The lowest BCUT2D eigenvalue weighted by Crippen LogP contribution is -2.48. The van der Waals surface area contributed by atoms with Crippen molar-refractivity contribution >= 4 is 5.91 Å². The van der Waals surface area contributed by atoms with Crippen LogP contribution in [-0.2, 0) is 4.74 Å². The van der Waals surface area contributed by atoms with E-state index < -0.39 is 24.7 Å². The van der Waals surface area contributed by atoms with Gasteiger partial charge in [0.2, 0.25) is 0 Å². The lowest BCUT2D eigenvalue weighted by atomic mass is 10.0. The highest BCUT2D eigenvalue weighted by Crippen LogP contribution is 2.27. The predicted octanol–water partition coefficient (Wildman–Crippen LogP) is 2.88. The number of ether oxygens (including phenoxy) is 2. The Labute approximate surface area is 126 Å². The van der Waals surface area contributed by atoms with Gasteiger partial charge in [0.1, 0.15) is 12.3 Å². The van der Waals surface area contributed by atoms with Gasteiger partial charge >= 0.3 is 6.18 Å². The van der Waals surface area contributed by atoms with Gasteiger partial charge in [-0.15, -0.1) is 0 Å². The number of nitrogens with zero attached hydrogens (tertiary/aromatic N) is 1. The molecule has 1 aliphatic rings. The fourth-order valence-electron chi connectivity index (χ4n) is 2.53. The van der Waals surface area contributed by atoms with E-state index in [9.17, 15) is 18.0 Å². The fraction of sp³-hybridized carbons (Fsp3) is 0.533. The Hall–Kier alpha value is -1.76. The number of rotatable bonds is 4. The van der Waals surface area contributed by atoms with Gasteiger partial charge in [0, 0.05) is 19.3 Å². The summed E-state index contributed by atoms with van der Waals surface area (Å²) in [6.07, 6.45) is -3.65. The van der Waals surface area contributed by atoms with Crippen LogP contribution >= 0.6 is 0 Å². The van der Waals surface area contributed by atoms with Crippen molar-refractivity contribution in [3.63, 3.8) is 0 Å². The molecule has 2 rings (SSSR count). The molecule has 1 fully saturated rings. The molecule has 122 valence electrons. The highest BCUT2D eigenvalue weighted by Gasteiger charge is 2.38. The van der Waals surface area contributed by atoms with Crippen LogP contribution in [0.3, 0.4) is 0 Å². The Morgan fingerprint density at radius 1 is 1.32 bits per heavy atom. The third kappa shape index (κ3) is 4.13. The maximum atomic E-state index is 12.9. The van der Waals surface area contributed by atoms with E-state index in [4.69, 9.17) is 9.47 Å². The second-order valence-electron chi connectivity index (χ2n) is 5.09. The Balaban J connectivity index is 2.28. The molecular weight excluding hydrogens is 299 g/mol. The number of methoxy groups -OCH3 is 1. The molecule has 1 aromatic carbocycles. The normalized spacial score (nSPS) is 16.4. The van der Waals surface area contributed by atoms with Crippen LogP contribution in [0.5, 0.6) is 5.75 Å². The maximum absolute atomic E-state index is 12.9. The summed E-state index contributed by atoms with van der Waals surface area (Å²) in [6, 6.07) is 5.82. The fourth-order valence-corrected chi connectivity index (χ4v) is 2.53. The zero-order valence-electron chi connectivity index (χ0n) is 12.2. The summed E-state index contributed by atoms with van der Waals surface area (Å²) in [7, 11) is 1.38. The summed E-state index contributed by atoms with van der Waals surface area (Å²) in [5.41, 5.74) is 0.140. The first-order valence-corrected chi connectivity index (χ1v) is 7.01. The summed E-state index contributed by atoms with van der Waals surface area (Å²) in [5.74, 6) is -0.395. The number of carbonyl (C=O) groups excluding carboxylic acids is 1. The van der Waals surface area contributed by atoms with Crippen molar-refractivity contribution in [1.29, 1.82) is 0 Å². The highest BCUT2D eigenvalue weighted by atomic mass is 19.4. The Morgan fingerprint density at radius 2 is 1.95 bits per heavy atom. The summed E-state index contributed by atoms with van der Waals surface area (Å²) in [5, 5.41) is 0. The van der Waals surface area contributed by atoms with Gasteiger partial charge in [-0.25, -0.2) is 0 Å². The second kappa shape index (κ2) is 7.00.